The number of alkyl halides is 2. The summed E-state index contributed by atoms with van der Waals surface area (Å²) in [6.45, 7) is 0. The molecule has 17 heavy (non-hydrogen) atoms. The van der Waals surface area contributed by atoms with Crippen LogP contribution in [0.1, 0.15) is 6.42 Å². The lowest BCUT2D eigenvalue weighted by molar-refractivity contribution is -0.117. The molecule has 7 heteroatoms. The van der Waals surface area contributed by atoms with E-state index in [-0.39, 0.29) is 5.69 Å². The van der Waals surface area contributed by atoms with Crippen molar-refractivity contribution in [1.82, 2.24) is 0 Å². The third-order valence-electron chi connectivity index (χ3n) is 2.19. The SMILES string of the molecule is O=C1CC(C(F)F)=NN1c1ccc(F)cc1F. The van der Waals surface area contributed by atoms with Crippen molar-refractivity contribution in [3.63, 3.8) is 0 Å². The van der Waals surface area contributed by atoms with E-state index in [2.05, 4.69) is 5.10 Å². The topological polar surface area (TPSA) is 32.7 Å². The second kappa shape index (κ2) is 4.15. The lowest BCUT2D eigenvalue weighted by atomic mass is 10.2. The molecule has 1 aromatic carbocycles. The molecule has 1 heterocycles. The number of rotatable bonds is 2. The van der Waals surface area contributed by atoms with Crippen molar-refractivity contribution >= 4 is 17.3 Å². The Labute approximate surface area is 93.3 Å². The van der Waals surface area contributed by atoms with Crippen LogP contribution in [0.5, 0.6) is 0 Å². The molecule has 0 saturated heterocycles. The highest BCUT2D eigenvalue weighted by molar-refractivity contribution is 6.14. The molecule has 1 aliphatic rings. The minimum atomic E-state index is -2.87. The van der Waals surface area contributed by atoms with E-state index in [9.17, 15) is 22.4 Å². The van der Waals surface area contributed by atoms with Gasteiger partial charge in [0.2, 0.25) is 0 Å². The molecule has 0 aromatic heterocycles. The first kappa shape index (κ1) is 11.6. The van der Waals surface area contributed by atoms with Gasteiger partial charge in [-0.3, -0.25) is 4.79 Å². The van der Waals surface area contributed by atoms with Crippen LogP contribution in [-0.2, 0) is 4.79 Å². The fourth-order valence-electron chi connectivity index (χ4n) is 1.41. The zero-order valence-corrected chi connectivity index (χ0v) is 8.33. The number of nitrogens with zero attached hydrogens (tertiary/aromatic N) is 2. The number of hydrazone groups is 1. The molecule has 0 bridgehead atoms. The van der Waals surface area contributed by atoms with Crippen molar-refractivity contribution < 1.29 is 22.4 Å². The molecule has 1 aliphatic heterocycles. The van der Waals surface area contributed by atoms with Crippen molar-refractivity contribution in [2.24, 2.45) is 5.10 Å². The van der Waals surface area contributed by atoms with Gasteiger partial charge < -0.3 is 0 Å². The van der Waals surface area contributed by atoms with Gasteiger partial charge in [0.05, 0.1) is 6.42 Å². The zero-order valence-electron chi connectivity index (χ0n) is 8.33. The maximum atomic E-state index is 13.3. The highest BCUT2D eigenvalue weighted by Crippen LogP contribution is 2.25. The summed E-state index contributed by atoms with van der Waals surface area (Å²) in [4.78, 5) is 11.3. The van der Waals surface area contributed by atoms with E-state index < -0.39 is 36.1 Å². The van der Waals surface area contributed by atoms with Crippen molar-refractivity contribution in [3.8, 4) is 0 Å². The van der Waals surface area contributed by atoms with Crippen molar-refractivity contribution in [2.45, 2.75) is 12.8 Å². The van der Waals surface area contributed by atoms with Crippen LogP contribution in [0.4, 0.5) is 23.2 Å². The van der Waals surface area contributed by atoms with Crippen LogP contribution < -0.4 is 5.01 Å². The van der Waals surface area contributed by atoms with Gasteiger partial charge in [-0.25, -0.2) is 17.6 Å². The average molecular weight is 246 g/mol. The monoisotopic (exact) mass is 246 g/mol. The molecule has 90 valence electrons. The predicted molar refractivity (Wildman–Crippen MR) is 51.9 cm³/mol. The largest absolute Gasteiger partial charge is 0.278 e. The Balaban J connectivity index is 2.37. The van der Waals surface area contributed by atoms with Gasteiger partial charge in [-0.05, 0) is 12.1 Å². The molecule has 1 amide bonds. The highest BCUT2D eigenvalue weighted by atomic mass is 19.3. The standard InChI is InChI=1S/C10H6F4N2O/c11-5-1-2-8(6(12)3-5)16-9(17)4-7(15-16)10(13)14/h1-3,10H,4H2. The zero-order chi connectivity index (χ0) is 12.6. The maximum absolute atomic E-state index is 13.3. The fraction of sp³-hybridized carbons (Fsp3) is 0.200. The van der Waals surface area contributed by atoms with Crippen LogP contribution in [0.2, 0.25) is 0 Å². The second-order valence-electron chi connectivity index (χ2n) is 3.37. The Morgan fingerprint density at radius 3 is 2.53 bits per heavy atom. The Morgan fingerprint density at radius 2 is 2.00 bits per heavy atom. The summed E-state index contributed by atoms with van der Waals surface area (Å²) in [6, 6.07) is 2.44. The molecule has 0 radical (unpaired) electrons. The molecule has 2 rings (SSSR count). The molecule has 0 fully saturated rings. The van der Waals surface area contributed by atoms with E-state index in [0.717, 1.165) is 12.1 Å². The lowest BCUT2D eigenvalue weighted by Crippen LogP contribution is -2.20. The molecule has 3 nitrogen and oxygen atoms in total. The predicted octanol–water partition coefficient (Wildman–Crippen LogP) is 2.32. The van der Waals surface area contributed by atoms with E-state index >= 15 is 0 Å². The molecular formula is C10H6F4N2O. The summed E-state index contributed by atoms with van der Waals surface area (Å²) in [5.41, 5.74) is -0.967. The van der Waals surface area contributed by atoms with Gasteiger partial charge in [0, 0.05) is 6.07 Å². The second-order valence-corrected chi connectivity index (χ2v) is 3.37. The van der Waals surface area contributed by atoms with Gasteiger partial charge in [0.1, 0.15) is 17.2 Å². The average Bonchev–Trinajstić information content (AvgIpc) is 2.61. The smallest absolute Gasteiger partial charge is 0.272 e. The summed E-state index contributed by atoms with van der Waals surface area (Å²) < 4.78 is 50.6. The summed E-state index contributed by atoms with van der Waals surface area (Å²) in [5.74, 6) is -2.63. The molecular weight excluding hydrogens is 240 g/mol. The fourth-order valence-corrected chi connectivity index (χ4v) is 1.41. The van der Waals surface area contributed by atoms with Gasteiger partial charge in [0.25, 0.3) is 12.3 Å². The Hall–Kier alpha value is -1.92. The molecule has 0 N–H and O–H groups in total. The van der Waals surface area contributed by atoms with Crippen LogP contribution in [0.15, 0.2) is 23.3 Å². The number of carbonyl (C=O) groups is 1. The number of benzene rings is 1. The third kappa shape index (κ3) is 2.13. The van der Waals surface area contributed by atoms with Gasteiger partial charge in [-0.15, -0.1) is 0 Å². The van der Waals surface area contributed by atoms with E-state index in [1.807, 2.05) is 0 Å². The summed E-state index contributed by atoms with van der Waals surface area (Å²) in [7, 11) is 0. The molecule has 0 saturated carbocycles. The first-order valence-electron chi connectivity index (χ1n) is 4.62. The van der Waals surface area contributed by atoms with Crippen LogP contribution in [0, 0.1) is 11.6 Å². The van der Waals surface area contributed by atoms with Gasteiger partial charge >= 0.3 is 0 Å². The first-order chi connectivity index (χ1) is 7.99. The molecule has 0 atom stereocenters. The maximum Gasteiger partial charge on any atom is 0.278 e. The molecule has 1 aromatic rings. The van der Waals surface area contributed by atoms with E-state index in [1.54, 1.807) is 0 Å². The number of carbonyl (C=O) groups excluding carboxylic acids is 1. The quantitative estimate of drug-likeness (QED) is 0.737. The minimum Gasteiger partial charge on any atom is -0.272 e. The van der Waals surface area contributed by atoms with Crippen molar-refractivity contribution in [3.05, 3.63) is 29.8 Å². The van der Waals surface area contributed by atoms with Crippen LogP contribution in [0.3, 0.4) is 0 Å². The van der Waals surface area contributed by atoms with Crippen molar-refractivity contribution in [2.75, 3.05) is 5.01 Å². The van der Waals surface area contributed by atoms with Gasteiger partial charge in [-0.1, -0.05) is 0 Å². The number of hydrogen-bond donors (Lipinski definition) is 0. The summed E-state index contributed by atoms with van der Waals surface area (Å²) in [5, 5.41) is 3.84. The van der Waals surface area contributed by atoms with Crippen LogP contribution in [0.25, 0.3) is 0 Å². The summed E-state index contributed by atoms with van der Waals surface area (Å²) in [6.07, 6.45) is -3.43. The lowest BCUT2D eigenvalue weighted by Gasteiger charge is -2.12. The number of halogens is 4. The van der Waals surface area contributed by atoms with E-state index in [1.165, 1.54) is 0 Å². The Morgan fingerprint density at radius 1 is 1.29 bits per heavy atom. The van der Waals surface area contributed by atoms with Crippen molar-refractivity contribution in [1.29, 1.82) is 0 Å². The van der Waals surface area contributed by atoms with Crippen LogP contribution in [-0.4, -0.2) is 18.0 Å². The number of amides is 1. The van der Waals surface area contributed by atoms with Crippen LogP contribution >= 0.6 is 0 Å². The normalized spacial score (nSPS) is 15.7. The minimum absolute atomic E-state index is 0.341. The third-order valence-corrected chi connectivity index (χ3v) is 2.19. The molecule has 0 unspecified atom stereocenters. The number of anilines is 1. The van der Waals surface area contributed by atoms with Gasteiger partial charge in [0.15, 0.2) is 5.82 Å². The first-order valence-corrected chi connectivity index (χ1v) is 4.62. The Bertz CT molecular complexity index is 501. The molecule has 0 spiro atoms. The number of hydrogen-bond acceptors (Lipinski definition) is 2. The van der Waals surface area contributed by atoms with E-state index in [0.29, 0.717) is 11.1 Å². The highest BCUT2D eigenvalue weighted by Gasteiger charge is 2.31. The Kier molecular flexibility index (Phi) is 2.83. The van der Waals surface area contributed by atoms with Gasteiger partial charge in [-0.2, -0.15) is 10.1 Å². The molecule has 0 aliphatic carbocycles. The summed E-state index contributed by atoms with van der Waals surface area (Å²) >= 11 is 0. The van der Waals surface area contributed by atoms with E-state index in [4.69, 9.17) is 0 Å².